The van der Waals surface area contributed by atoms with E-state index in [9.17, 15) is 13.2 Å². The molecule has 0 aromatic carbocycles. The number of amides is 1. The van der Waals surface area contributed by atoms with Crippen LogP contribution >= 0.6 is 0 Å². The summed E-state index contributed by atoms with van der Waals surface area (Å²) in [4.78, 5) is 12.5. The second-order valence-corrected chi connectivity index (χ2v) is 5.32. The molecule has 0 aliphatic carbocycles. The molecule has 0 aliphatic rings. The maximum atomic E-state index is 11.2. The summed E-state index contributed by atoms with van der Waals surface area (Å²) in [6.45, 7) is 0.488. The lowest BCUT2D eigenvalue weighted by molar-refractivity contribution is -0.128. The topological polar surface area (TPSA) is 92.5 Å². The van der Waals surface area contributed by atoms with Crippen molar-refractivity contribution in [2.45, 2.75) is 12.8 Å². The van der Waals surface area contributed by atoms with Gasteiger partial charge in [0.05, 0.1) is 5.75 Å². The van der Waals surface area contributed by atoms with Crippen LogP contribution in [0.4, 0.5) is 0 Å². The zero-order valence-corrected chi connectivity index (χ0v) is 10.0. The number of nitrogens with two attached hydrogens (primary N) is 1. The lowest BCUT2D eigenvalue weighted by Crippen LogP contribution is -2.32. The molecule has 0 unspecified atom stereocenters. The van der Waals surface area contributed by atoms with Crippen LogP contribution in [-0.2, 0) is 14.8 Å². The standard InChI is InChI=1S/C8H19N3O3S/c1-11(2)8(12)4-6-10-15(13,14)7-3-5-9/h10H,3-7,9H2,1-2H3. The predicted octanol–water partition coefficient (Wildman–Crippen LogP) is -1.27. The third-order valence-corrected chi connectivity index (χ3v) is 3.25. The molecular weight excluding hydrogens is 218 g/mol. The number of hydrogen-bond donors (Lipinski definition) is 2. The zero-order valence-electron chi connectivity index (χ0n) is 9.19. The molecule has 0 saturated heterocycles. The van der Waals surface area contributed by atoms with Crippen LogP contribution in [-0.4, -0.2) is 52.2 Å². The SMILES string of the molecule is CN(C)C(=O)CCNS(=O)(=O)CCCN. The van der Waals surface area contributed by atoms with E-state index in [1.165, 1.54) is 4.90 Å². The Morgan fingerprint density at radius 3 is 2.47 bits per heavy atom. The molecule has 0 aliphatic heterocycles. The van der Waals surface area contributed by atoms with Crippen molar-refractivity contribution in [1.82, 2.24) is 9.62 Å². The highest BCUT2D eigenvalue weighted by Crippen LogP contribution is 1.90. The van der Waals surface area contributed by atoms with Crippen molar-refractivity contribution >= 4 is 15.9 Å². The molecule has 15 heavy (non-hydrogen) atoms. The van der Waals surface area contributed by atoms with Crippen LogP contribution in [0.5, 0.6) is 0 Å². The minimum absolute atomic E-state index is 0.0135. The fraction of sp³-hybridized carbons (Fsp3) is 0.875. The van der Waals surface area contributed by atoms with E-state index >= 15 is 0 Å². The van der Waals surface area contributed by atoms with Gasteiger partial charge in [0.15, 0.2) is 0 Å². The van der Waals surface area contributed by atoms with Crippen molar-refractivity contribution in [2.24, 2.45) is 5.73 Å². The Bertz CT molecular complexity index is 288. The van der Waals surface area contributed by atoms with E-state index in [1.807, 2.05) is 0 Å². The second kappa shape index (κ2) is 6.76. The van der Waals surface area contributed by atoms with Gasteiger partial charge < -0.3 is 10.6 Å². The van der Waals surface area contributed by atoms with Crippen LogP contribution in [0.2, 0.25) is 0 Å². The third-order valence-electron chi connectivity index (χ3n) is 1.78. The Morgan fingerprint density at radius 1 is 1.40 bits per heavy atom. The first kappa shape index (κ1) is 14.3. The molecule has 0 radical (unpaired) electrons. The zero-order chi connectivity index (χ0) is 11.9. The Balaban J connectivity index is 3.80. The Kier molecular flexibility index (Phi) is 6.46. The molecule has 90 valence electrons. The van der Waals surface area contributed by atoms with Crippen LogP contribution in [0.1, 0.15) is 12.8 Å². The molecule has 7 heteroatoms. The highest BCUT2D eigenvalue weighted by atomic mass is 32.2. The Morgan fingerprint density at radius 2 is 2.00 bits per heavy atom. The number of carbonyl (C=O) groups is 1. The summed E-state index contributed by atoms with van der Waals surface area (Å²) in [6, 6.07) is 0. The minimum Gasteiger partial charge on any atom is -0.349 e. The van der Waals surface area contributed by atoms with Crippen LogP contribution in [0.3, 0.4) is 0 Å². The summed E-state index contributed by atoms with van der Waals surface area (Å²) in [6.07, 6.45) is 0.603. The third kappa shape index (κ3) is 7.29. The van der Waals surface area contributed by atoms with Gasteiger partial charge in [-0.05, 0) is 13.0 Å². The molecule has 0 aromatic heterocycles. The molecular formula is C8H19N3O3S. The fourth-order valence-electron chi connectivity index (χ4n) is 0.883. The van der Waals surface area contributed by atoms with Gasteiger partial charge >= 0.3 is 0 Å². The monoisotopic (exact) mass is 237 g/mol. The van der Waals surface area contributed by atoms with Gasteiger partial charge in [-0.3, -0.25) is 4.79 Å². The van der Waals surface area contributed by atoms with Gasteiger partial charge in [-0.15, -0.1) is 0 Å². The largest absolute Gasteiger partial charge is 0.349 e. The molecule has 0 heterocycles. The predicted molar refractivity (Wildman–Crippen MR) is 58.8 cm³/mol. The molecule has 0 atom stereocenters. The van der Waals surface area contributed by atoms with Crippen LogP contribution < -0.4 is 10.5 Å². The Hall–Kier alpha value is -0.660. The average molecular weight is 237 g/mol. The van der Waals surface area contributed by atoms with E-state index in [2.05, 4.69) is 4.72 Å². The number of hydrogen-bond acceptors (Lipinski definition) is 4. The minimum atomic E-state index is -3.27. The molecule has 6 nitrogen and oxygen atoms in total. The van der Waals surface area contributed by atoms with Crippen LogP contribution in [0.15, 0.2) is 0 Å². The molecule has 0 saturated carbocycles. The van der Waals surface area contributed by atoms with Gasteiger partial charge in [-0.25, -0.2) is 13.1 Å². The van der Waals surface area contributed by atoms with Gasteiger partial charge in [-0.2, -0.15) is 0 Å². The summed E-state index contributed by atoms with van der Waals surface area (Å²) in [5.74, 6) is -0.0869. The van der Waals surface area contributed by atoms with E-state index in [1.54, 1.807) is 14.1 Å². The maximum absolute atomic E-state index is 11.2. The van der Waals surface area contributed by atoms with E-state index in [0.717, 1.165) is 0 Å². The first-order chi connectivity index (χ1) is 6.89. The first-order valence-corrected chi connectivity index (χ1v) is 6.42. The average Bonchev–Trinajstić information content (AvgIpc) is 2.14. The van der Waals surface area contributed by atoms with E-state index in [0.29, 0.717) is 13.0 Å². The lowest BCUT2D eigenvalue weighted by Gasteiger charge is -2.10. The second-order valence-electron chi connectivity index (χ2n) is 3.39. The highest BCUT2D eigenvalue weighted by molar-refractivity contribution is 7.89. The molecule has 0 rings (SSSR count). The van der Waals surface area contributed by atoms with Gasteiger partial charge in [0.1, 0.15) is 0 Å². The smallest absolute Gasteiger partial charge is 0.223 e. The number of rotatable bonds is 7. The van der Waals surface area contributed by atoms with Crippen molar-refractivity contribution in [3.8, 4) is 0 Å². The van der Waals surface area contributed by atoms with Crippen molar-refractivity contribution in [3.63, 3.8) is 0 Å². The normalized spacial score (nSPS) is 11.4. The summed E-state index contributed by atoms with van der Waals surface area (Å²) < 4.78 is 24.8. The lowest BCUT2D eigenvalue weighted by atomic mass is 10.4. The molecule has 0 fully saturated rings. The fourth-order valence-corrected chi connectivity index (χ4v) is 1.99. The molecule has 0 bridgehead atoms. The Labute approximate surface area is 90.9 Å². The van der Waals surface area contributed by atoms with Gasteiger partial charge in [0, 0.05) is 27.1 Å². The van der Waals surface area contributed by atoms with Gasteiger partial charge in [0.25, 0.3) is 0 Å². The van der Waals surface area contributed by atoms with Gasteiger partial charge in [0.2, 0.25) is 15.9 Å². The van der Waals surface area contributed by atoms with Crippen molar-refractivity contribution in [1.29, 1.82) is 0 Å². The first-order valence-electron chi connectivity index (χ1n) is 4.76. The summed E-state index contributed by atoms with van der Waals surface area (Å²) in [5, 5.41) is 0. The molecule has 3 N–H and O–H groups in total. The summed E-state index contributed by atoms with van der Waals surface area (Å²) >= 11 is 0. The van der Waals surface area contributed by atoms with Crippen molar-refractivity contribution in [2.75, 3.05) is 32.9 Å². The van der Waals surface area contributed by atoms with E-state index in [4.69, 9.17) is 5.73 Å². The van der Waals surface area contributed by atoms with Crippen LogP contribution in [0.25, 0.3) is 0 Å². The summed E-state index contributed by atoms with van der Waals surface area (Å²) in [7, 11) is -0.00541. The number of nitrogens with one attached hydrogen (secondary N) is 1. The van der Waals surface area contributed by atoms with Crippen LogP contribution in [0, 0.1) is 0 Å². The molecule has 0 spiro atoms. The highest BCUT2D eigenvalue weighted by Gasteiger charge is 2.10. The maximum Gasteiger partial charge on any atom is 0.223 e. The molecule has 0 aromatic rings. The van der Waals surface area contributed by atoms with Crippen molar-refractivity contribution < 1.29 is 13.2 Å². The number of carbonyl (C=O) groups excluding carboxylic acids is 1. The van der Waals surface area contributed by atoms with Crippen molar-refractivity contribution in [3.05, 3.63) is 0 Å². The quantitative estimate of drug-likeness (QED) is 0.577. The van der Waals surface area contributed by atoms with Gasteiger partial charge in [-0.1, -0.05) is 0 Å². The number of nitrogens with zero attached hydrogens (tertiary/aromatic N) is 1. The summed E-state index contributed by atoms with van der Waals surface area (Å²) in [5.41, 5.74) is 5.20. The van der Waals surface area contributed by atoms with E-state index < -0.39 is 10.0 Å². The van der Waals surface area contributed by atoms with E-state index in [-0.39, 0.29) is 24.6 Å². The molecule has 1 amide bonds. The number of sulfonamides is 1.